The molecule has 1 aliphatic heterocycles. The van der Waals surface area contributed by atoms with Gasteiger partial charge in [0.2, 0.25) is 0 Å². The van der Waals surface area contributed by atoms with Crippen molar-refractivity contribution >= 4 is 11.7 Å². The average Bonchev–Trinajstić information content (AvgIpc) is 2.80. The molecule has 1 heterocycles. The lowest BCUT2D eigenvalue weighted by Crippen LogP contribution is -2.37. The second-order valence-electron chi connectivity index (χ2n) is 8.19. The number of carbonyl (C=O) groups is 2. The van der Waals surface area contributed by atoms with E-state index in [0.29, 0.717) is 17.2 Å². The molecule has 0 aromatic heterocycles. The van der Waals surface area contributed by atoms with Crippen molar-refractivity contribution in [3.8, 4) is 11.5 Å². The lowest BCUT2D eigenvalue weighted by Gasteiger charge is -2.32. The predicted octanol–water partition coefficient (Wildman–Crippen LogP) is 6.01. The SMILES string of the molecule is CC(=O)c1ccc(C2CCN(C(=O)c3cccc(Oc4ccc(C)cc4)c3)CC2)cc1. The number of nitrogens with zero attached hydrogens (tertiary/aromatic N) is 1. The fourth-order valence-electron chi connectivity index (χ4n) is 4.02. The number of likely N-dealkylation sites (tertiary alicyclic amines) is 1. The Morgan fingerprint density at radius 3 is 2.16 bits per heavy atom. The van der Waals surface area contributed by atoms with Crippen LogP contribution in [0.2, 0.25) is 0 Å². The van der Waals surface area contributed by atoms with Crippen LogP contribution in [0.25, 0.3) is 0 Å². The van der Waals surface area contributed by atoms with Gasteiger partial charge in [-0.05, 0) is 68.5 Å². The minimum atomic E-state index is 0.0414. The van der Waals surface area contributed by atoms with Gasteiger partial charge >= 0.3 is 0 Å². The Labute approximate surface area is 183 Å². The number of ether oxygens (including phenoxy) is 1. The molecule has 0 atom stereocenters. The fourth-order valence-corrected chi connectivity index (χ4v) is 4.02. The predicted molar refractivity (Wildman–Crippen MR) is 122 cm³/mol. The van der Waals surface area contributed by atoms with Crippen LogP contribution in [0.5, 0.6) is 11.5 Å². The van der Waals surface area contributed by atoms with Gasteiger partial charge in [0, 0.05) is 24.2 Å². The minimum Gasteiger partial charge on any atom is -0.457 e. The number of amides is 1. The zero-order chi connectivity index (χ0) is 21.8. The van der Waals surface area contributed by atoms with Crippen LogP contribution in [0.1, 0.15) is 57.5 Å². The second kappa shape index (κ2) is 9.17. The van der Waals surface area contributed by atoms with E-state index < -0.39 is 0 Å². The van der Waals surface area contributed by atoms with E-state index in [0.717, 1.165) is 37.2 Å². The first-order chi connectivity index (χ1) is 15.0. The van der Waals surface area contributed by atoms with E-state index in [1.165, 1.54) is 11.1 Å². The van der Waals surface area contributed by atoms with Crippen molar-refractivity contribution in [2.75, 3.05) is 13.1 Å². The Hall–Kier alpha value is -3.40. The molecule has 1 aliphatic rings. The standard InChI is InChI=1S/C27H27NO3/c1-19-6-12-25(13-7-19)31-26-5-3-4-24(18-26)27(30)28-16-14-23(15-17-28)22-10-8-21(9-11-22)20(2)29/h3-13,18,23H,14-17H2,1-2H3. The Kier molecular flexibility index (Phi) is 6.17. The smallest absolute Gasteiger partial charge is 0.253 e. The summed E-state index contributed by atoms with van der Waals surface area (Å²) in [6.07, 6.45) is 1.84. The molecular formula is C27H27NO3. The topological polar surface area (TPSA) is 46.6 Å². The van der Waals surface area contributed by atoms with Crippen molar-refractivity contribution < 1.29 is 14.3 Å². The Bertz CT molecular complexity index is 1060. The second-order valence-corrected chi connectivity index (χ2v) is 8.19. The van der Waals surface area contributed by atoms with E-state index in [1.807, 2.05) is 84.6 Å². The third-order valence-corrected chi connectivity index (χ3v) is 5.91. The number of ketones is 1. The maximum Gasteiger partial charge on any atom is 0.253 e. The highest BCUT2D eigenvalue weighted by Crippen LogP contribution is 2.30. The molecule has 0 radical (unpaired) electrons. The monoisotopic (exact) mass is 413 g/mol. The summed E-state index contributed by atoms with van der Waals surface area (Å²) in [5, 5.41) is 0. The lowest BCUT2D eigenvalue weighted by molar-refractivity contribution is 0.0712. The quantitative estimate of drug-likeness (QED) is 0.481. The van der Waals surface area contributed by atoms with Gasteiger partial charge in [0.1, 0.15) is 11.5 Å². The number of benzene rings is 3. The number of aryl methyl sites for hydroxylation is 1. The number of hydrogen-bond acceptors (Lipinski definition) is 3. The molecule has 0 saturated carbocycles. The van der Waals surface area contributed by atoms with E-state index in [1.54, 1.807) is 6.92 Å². The van der Waals surface area contributed by atoms with Gasteiger partial charge in [0.25, 0.3) is 5.91 Å². The molecule has 0 N–H and O–H groups in total. The molecule has 0 bridgehead atoms. The first-order valence-corrected chi connectivity index (χ1v) is 10.7. The third-order valence-electron chi connectivity index (χ3n) is 5.91. The van der Waals surface area contributed by atoms with E-state index in [4.69, 9.17) is 4.74 Å². The third kappa shape index (κ3) is 5.02. The van der Waals surface area contributed by atoms with Crippen LogP contribution in [-0.2, 0) is 0 Å². The molecule has 4 nitrogen and oxygen atoms in total. The van der Waals surface area contributed by atoms with Gasteiger partial charge in [0.05, 0.1) is 0 Å². The molecule has 31 heavy (non-hydrogen) atoms. The van der Waals surface area contributed by atoms with Crippen molar-refractivity contribution in [1.29, 1.82) is 0 Å². The van der Waals surface area contributed by atoms with Crippen LogP contribution >= 0.6 is 0 Å². The molecule has 3 aromatic carbocycles. The largest absolute Gasteiger partial charge is 0.457 e. The molecule has 4 rings (SSSR count). The highest BCUT2D eigenvalue weighted by Gasteiger charge is 2.25. The molecule has 0 spiro atoms. The van der Waals surface area contributed by atoms with Crippen molar-refractivity contribution in [2.45, 2.75) is 32.6 Å². The van der Waals surface area contributed by atoms with Crippen LogP contribution in [0, 0.1) is 6.92 Å². The van der Waals surface area contributed by atoms with Gasteiger partial charge in [-0.1, -0.05) is 48.0 Å². The molecule has 1 saturated heterocycles. The number of hydrogen-bond donors (Lipinski definition) is 0. The van der Waals surface area contributed by atoms with Crippen molar-refractivity contribution in [2.24, 2.45) is 0 Å². The van der Waals surface area contributed by atoms with Gasteiger partial charge in [-0.2, -0.15) is 0 Å². The summed E-state index contributed by atoms with van der Waals surface area (Å²) in [4.78, 5) is 26.4. The zero-order valence-corrected chi connectivity index (χ0v) is 18.0. The number of carbonyl (C=O) groups excluding carboxylic acids is 2. The average molecular weight is 414 g/mol. The van der Waals surface area contributed by atoms with E-state index in [9.17, 15) is 9.59 Å². The Morgan fingerprint density at radius 2 is 1.52 bits per heavy atom. The molecular weight excluding hydrogens is 386 g/mol. The summed E-state index contributed by atoms with van der Waals surface area (Å²) in [7, 11) is 0. The molecule has 4 heteroatoms. The summed E-state index contributed by atoms with van der Waals surface area (Å²) in [5.74, 6) is 1.96. The Morgan fingerprint density at radius 1 is 0.839 bits per heavy atom. The minimum absolute atomic E-state index is 0.0414. The van der Waals surface area contributed by atoms with Gasteiger partial charge in [-0.3, -0.25) is 9.59 Å². The molecule has 1 fully saturated rings. The maximum atomic E-state index is 13.0. The van der Waals surface area contributed by atoms with Crippen LogP contribution in [0.3, 0.4) is 0 Å². The molecule has 0 unspecified atom stereocenters. The van der Waals surface area contributed by atoms with Gasteiger partial charge in [-0.15, -0.1) is 0 Å². The molecule has 1 amide bonds. The number of Topliss-reactive ketones (excluding diaryl/α,β-unsaturated/α-hetero) is 1. The molecule has 158 valence electrons. The Balaban J connectivity index is 1.38. The fraction of sp³-hybridized carbons (Fsp3) is 0.259. The lowest BCUT2D eigenvalue weighted by atomic mass is 9.88. The van der Waals surface area contributed by atoms with Crippen LogP contribution in [-0.4, -0.2) is 29.7 Å². The summed E-state index contributed by atoms with van der Waals surface area (Å²) in [6.45, 7) is 5.06. The van der Waals surface area contributed by atoms with Crippen LogP contribution in [0.4, 0.5) is 0 Å². The van der Waals surface area contributed by atoms with E-state index in [2.05, 4.69) is 0 Å². The summed E-state index contributed by atoms with van der Waals surface area (Å²) in [6, 6.07) is 23.1. The van der Waals surface area contributed by atoms with Crippen molar-refractivity contribution in [1.82, 2.24) is 4.90 Å². The highest BCUT2D eigenvalue weighted by molar-refractivity contribution is 5.95. The van der Waals surface area contributed by atoms with Gasteiger partial charge in [0.15, 0.2) is 5.78 Å². The number of piperidine rings is 1. The highest BCUT2D eigenvalue weighted by atomic mass is 16.5. The van der Waals surface area contributed by atoms with Gasteiger partial charge in [-0.25, -0.2) is 0 Å². The van der Waals surface area contributed by atoms with Crippen molar-refractivity contribution in [3.63, 3.8) is 0 Å². The summed E-state index contributed by atoms with van der Waals surface area (Å²) < 4.78 is 5.92. The summed E-state index contributed by atoms with van der Waals surface area (Å²) in [5.41, 5.74) is 3.80. The van der Waals surface area contributed by atoms with Crippen molar-refractivity contribution in [3.05, 3.63) is 95.1 Å². The number of rotatable bonds is 5. The molecule has 3 aromatic rings. The van der Waals surface area contributed by atoms with E-state index >= 15 is 0 Å². The van der Waals surface area contributed by atoms with Gasteiger partial charge < -0.3 is 9.64 Å². The zero-order valence-electron chi connectivity index (χ0n) is 18.0. The first kappa shape index (κ1) is 20.9. The van der Waals surface area contributed by atoms with E-state index in [-0.39, 0.29) is 11.7 Å². The first-order valence-electron chi connectivity index (χ1n) is 10.7. The maximum absolute atomic E-state index is 13.0. The van der Waals surface area contributed by atoms with Crippen LogP contribution < -0.4 is 4.74 Å². The summed E-state index contributed by atoms with van der Waals surface area (Å²) >= 11 is 0. The van der Waals surface area contributed by atoms with Crippen LogP contribution in [0.15, 0.2) is 72.8 Å². The normalized spacial score (nSPS) is 14.3. The molecule has 0 aliphatic carbocycles.